The minimum Gasteiger partial charge on any atom is -0.480 e. The van der Waals surface area contributed by atoms with Crippen molar-refractivity contribution >= 4 is 17.6 Å². The molecule has 1 atom stereocenters. The molecule has 0 bridgehead atoms. The molecule has 1 rings (SSSR count). The summed E-state index contributed by atoms with van der Waals surface area (Å²) in [6.45, 7) is 5.16. The molecule has 0 aliphatic carbocycles. The van der Waals surface area contributed by atoms with Crippen molar-refractivity contribution in [3.63, 3.8) is 0 Å². The van der Waals surface area contributed by atoms with E-state index in [-0.39, 0.29) is 5.57 Å². The summed E-state index contributed by atoms with van der Waals surface area (Å²) in [6.07, 6.45) is 1.27. The topological polar surface area (TPSA) is 102 Å². The minimum absolute atomic E-state index is 0.191. The lowest BCUT2D eigenvalue weighted by molar-refractivity contribution is -0.140. The summed E-state index contributed by atoms with van der Waals surface area (Å²) in [5, 5.41) is 22.8. The molecule has 0 radical (unpaired) electrons. The Kier molecular flexibility index (Phi) is 5.49. The molecular weight excluding hydrogens is 270 g/mol. The number of hydrogen-bond acceptors (Lipinski definition) is 4. The lowest BCUT2D eigenvalue weighted by atomic mass is 10.1. The van der Waals surface area contributed by atoms with Gasteiger partial charge in [-0.3, -0.25) is 9.59 Å². The Hall–Kier alpha value is -2.81. The Bertz CT molecular complexity index is 630. The largest absolute Gasteiger partial charge is 0.480 e. The van der Waals surface area contributed by atoms with E-state index in [1.54, 1.807) is 6.07 Å². The van der Waals surface area contributed by atoms with Crippen molar-refractivity contribution in [1.29, 1.82) is 5.26 Å². The Morgan fingerprint density at radius 3 is 2.62 bits per heavy atom. The van der Waals surface area contributed by atoms with E-state index in [1.165, 1.54) is 13.1 Å². The van der Waals surface area contributed by atoms with Gasteiger partial charge in [0.15, 0.2) is 0 Å². The van der Waals surface area contributed by atoms with E-state index >= 15 is 0 Å². The van der Waals surface area contributed by atoms with Gasteiger partial charge in [-0.15, -0.1) is 0 Å². The molecule has 0 saturated heterocycles. The highest BCUT2D eigenvalue weighted by atomic mass is 16.4. The van der Waals surface area contributed by atoms with Crippen LogP contribution < -0.4 is 10.6 Å². The molecule has 1 aromatic rings. The molecule has 0 saturated carbocycles. The highest BCUT2D eigenvalue weighted by Crippen LogP contribution is 2.16. The van der Waals surface area contributed by atoms with Crippen LogP contribution in [0.15, 0.2) is 30.0 Å². The number of carboxylic acid groups (broad SMARTS) is 1. The minimum atomic E-state index is -1.16. The van der Waals surface area contributed by atoms with Crippen LogP contribution >= 0.6 is 0 Å². The van der Waals surface area contributed by atoms with E-state index in [9.17, 15) is 9.59 Å². The van der Waals surface area contributed by atoms with Gasteiger partial charge in [0.1, 0.15) is 17.7 Å². The number of benzene rings is 1. The lowest BCUT2D eigenvalue weighted by Gasteiger charge is -2.10. The van der Waals surface area contributed by atoms with E-state index in [0.29, 0.717) is 0 Å². The number of nitrogens with zero attached hydrogens (tertiary/aromatic N) is 1. The van der Waals surface area contributed by atoms with Gasteiger partial charge in [-0.2, -0.15) is 5.26 Å². The zero-order valence-corrected chi connectivity index (χ0v) is 12.1. The van der Waals surface area contributed by atoms with Gasteiger partial charge >= 0.3 is 5.97 Å². The van der Waals surface area contributed by atoms with Gasteiger partial charge in [0.2, 0.25) is 0 Å². The summed E-state index contributed by atoms with van der Waals surface area (Å²) in [6, 6.07) is 6.45. The zero-order valence-electron chi connectivity index (χ0n) is 12.1. The first-order valence-electron chi connectivity index (χ1n) is 6.33. The standard InChI is InChI=1S/C15H17N3O3/c1-9-4-5-10(2)13(6-9)17-8-12(7-16)14(19)18-11(3)15(20)21/h4-6,8,11,17H,1-3H3,(H,18,19)(H,20,21)/b12-8-. The summed E-state index contributed by atoms with van der Waals surface area (Å²) in [5.41, 5.74) is 2.60. The lowest BCUT2D eigenvalue weighted by Crippen LogP contribution is -2.39. The van der Waals surface area contributed by atoms with Crippen LogP contribution in [-0.2, 0) is 9.59 Å². The van der Waals surface area contributed by atoms with Gasteiger partial charge in [0.05, 0.1) is 0 Å². The molecule has 110 valence electrons. The average Bonchev–Trinajstić information content (AvgIpc) is 2.42. The molecule has 0 spiro atoms. The fourth-order valence-corrected chi connectivity index (χ4v) is 1.53. The van der Waals surface area contributed by atoms with Crippen LogP contribution in [0.5, 0.6) is 0 Å². The van der Waals surface area contributed by atoms with Gasteiger partial charge in [-0.1, -0.05) is 12.1 Å². The molecule has 0 aromatic heterocycles. The normalized spacial score (nSPS) is 12.2. The molecule has 0 aliphatic heterocycles. The van der Waals surface area contributed by atoms with Gasteiger partial charge < -0.3 is 15.7 Å². The maximum Gasteiger partial charge on any atom is 0.325 e. The summed E-state index contributed by atoms with van der Waals surface area (Å²) >= 11 is 0. The quantitative estimate of drug-likeness (QED) is 0.565. The Labute approximate surface area is 123 Å². The van der Waals surface area contributed by atoms with Gasteiger partial charge in [-0.25, -0.2) is 0 Å². The third-order valence-electron chi connectivity index (χ3n) is 2.85. The molecule has 0 aliphatic rings. The van der Waals surface area contributed by atoms with E-state index in [2.05, 4.69) is 10.6 Å². The smallest absolute Gasteiger partial charge is 0.325 e. The predicted octanol–water partition coefficient (Wildman–Crippen LogP) is 1.71. The van der Waals surface area contributed by atoms with Crippen LogP contribution in [0.25, 0.3) is 0 Å². The van der Waals surface area contributed by atoms with Crippen molar-refractivity contribution in [3.8, 4) is 6.07 Å². The number of carboxylic acids is 1. The number of rotatable bonds is 5. The second-order valence-corrected chi connectivity index (χ2v) is 4.67. The molecular formula is C15H17N3O3. The molecule has 1 aromatic carbocycles. The first-order valence-corrected chi connectivity index (χ1v) is 6.33. The van der Waals surface area contributed by atoms with Crippen molar-refractivity contribution in [2.24, 2.45) is 0 Å². The predicted molar refractivity (Wildman–Crippen MR) is 78.5 cm³/mol. The third-order valence-corrected chi connectivity index (χ3v) is 2.85. The zero-order chi connectivity index (χ0) is 16.0. The van der Waals surface area contributed by atoms with Crippen molar-refractivity contribution in [3.05, 3.63) is 41.1 Å². The van der Waals surface area contributed by atoms with Crippen LogP contribution in [0.3, 0.4) is 0 Å². The Balaban J connectivity index is 2.85. The molecule has 3 N–H and O–H groups in total. The summed E-state index contributed by atoms with van der Waals surface area (Å²) in [7, 11) is 0. The maximum absolute atomic E-state index is 11.8. The Morgan fingerprint density at radius 2 is 2.05 bits per heavy atom. The number of nitrogens with one attached hydrogen (secondary N) is 2. The monoisotopic (exact) mass is 287 g/mol. The van der Waals surface area contributed by atoms with E-state index in [0.717, 1.165) is 16.8 Å². The van der Waals surface area contributed by atoms with Crippen molar-refractivity contribution in [2.75, 3.05) is 5.32 Å². The summed E-state index contributed by atoms with van der Waals surface area (Å²) < 4.78 is 0. The van der Waals surface area contributed by atoms with Gasteiger partial charge in [0.25, 0.3) is 5.91 Å². The highest BCUT2D eigenvalue weighted by molar-refractivity contribution is 5.99. The van der Waals surface area contributed by atoms with E-state index in [1.807, 2.05) is 32.0 Å². The average molecular weight is 287 g/mol. The Morgan fingerprint density at radius 1 is 1.38 bits per heavy atom. The summed E-state index contributed by atoms with van der Waals surface area (Å²) in [4.78, 5) is 22.4. The molecule has 1 amide bonds. The molecule has 6 nitrogen and oxygen atoms in total. The van der Waals surface area contributed by atoms with Gasteiger partial charge in [-0.05, 0) is 38.0 Å². The number of hydrogen-bond donors (Lipinski definition) is 3. The number of nitriles is 1. The number of aliphatic carboxylic acids is 1. The van der Waals surface area contributed by atoms with Crippen LogP contribution in [0.1, 0.15) is 18.1 Å². The SMILES string of the molecule is Cc1ccc(C)c(N/C=C(/C#N)C(=O)NC(C)C(=O)O)c1. The van der Waals surface area contributed by atoms with Crippen molar-refractivity contribution in [1.82, 2.24) is 5.32 Å². The number of amides is 1. The molecule has 21 heavy (non-hydrogen) atoms. The van der Waals surface area contributed by atoms with E-state index < -0.39 is 17.9 Å². The number of aryl methyl sites for hydroxylation is 2. The number of anilines is 1. The number of carbonyl (C=O) groups excluding carboxylic acids is 1. The molecule has 0 heterocycles. The molecule has 6 heteroatoms. The highest BCUT2D eigenvalue weighted by Gasteiger charge is 2.16. The second-order valence-electron chi connectivity index (χ2n) is 4.67. The van der Waals surface area contributed by atoms with Crippen LogP contribution in [0.2, 0.25) is 0 Å². The summed E-state index contributed by atoms with van der Waals surface area (Å²) in [5.74, 6) is -1.90. The van der Waals surface area contributed by atoms with Crippen LogP contribution in [0.4, 0.5) is 5.69 Å². The van der Waals surface area contributed by atoms with Crippen LogP contribution in [0, 0.1) is 25.2 Å². The number of carbonyl (C=O) groups is 2. The first kappa shape index (κ1) is 16.2. The van der Waals surface area contributed by atoms with Crippen molar-refractivity contribution in [2.45, 2.75) is 26.8 Å². The van der Waals surface area contributed by atoms with E-state index in [4.69, 9.17) is 10.4 Å². The fraction of sp³-hybridized carbons (Fsp3) is 0.267. The van der Waals surface area contributed by atoms with Crippen LogP contribution in [-0.4, -0.2) is 23.0 Å². The third kappa shape index (κ3) is 4.66. The second kappa shape index (κ2) is 7.10. The van der Waals surface area contributed by atoms with Gasteiger partial charge in [0, 0.05) is 11.9 Å². The molecule has 0 fully saturated rings. The fourth-order valence-electron chi connectivity index (χ4n) is 1.53. The first-order chi connectivity index (χ1) is 9.85. The van der Waals surface area contributed by atoms with Crippen molar-refractivity contribution < 1.29 is 14.7 Å². The maximum atomic E-state index is 11.8. The molecule has 1 unspecified atom stereocenters.